The number of rotatable bonds is 4. The van der Waals surface area contributed by atoms with E-state index in [9.17, 15) is 18.3 Å². The Morgan fingerprint density at radius 3 is 2.22 bits per heavy atom. The van der Waals surface area contributed by atoms with Gasteiger partial charge in [0.1, 0.15) is 0 Å². The number of fused-ring (bicyclic) bond motifs is 3. The van der Waals surface area contributed by atoms with Gasteiger partial charge in [0.2, 0.25) is 0 Å². The SMILES string of the molecule is CC(O)C1N=C2CC(C)(C)CC(O[Si](C)(C)C(C)(C)C)C2=C2C1C(c1ccc(C(F)(F)F)cc1)OC21CCOCC1. The summed E-state index contributed by atoms with van der Waals surface area (Å²) >= 11 is 0. The molecule has 4 aliphatic rings. The Morgan fingerprint density at radius 1 is 1.07 bits per heavy atom. The molecule has 228 valence electrons. The second-order valence-electron chi connectivity index (χ2n) is 14.8. The summed E-state index contributed by atoms with van der Waals surface area (Å²) in [5, 5.41) is 11.1. The smallest absolute Gasteiger partial charge is 0.410 e. The number of aliphatic hydroxyl groups excluding tert-OH is 1. The van der Waals surface area contributed by atoms with Crippen molar-refractivity contribution in [1.82, 2.24) is 0 Å². The zero-order chi connectivity index (χ0) is 30.2. The largest absolute Gasteiger partial charge is 0.416 e. The van der Waals surface area contributed by atoms with Crippen molar-refractivity contribution in [3.05, 3.63) is 46.5 Å². The Bertz CT molecular complexity index is 1210. The number of dihydropyridines is 1. The molecule has 41 heavy (non-hydrogen) atoms. The molecule has 1 aromatic rings. The van der Waals surface area contributed by atoms with Crippen LogP contribution in [-0.4, -0.2) is 56.2 Å². The first-order valence-corrected chi connectivity index (χ1v) is 17.9. The van der Waals surface area contributed by atoms with Gasteiger partial charge in [-0.15, -0.1) is 0 Å². The first-order chi connectivity index (χ1) is 18.9. The lowest BCUT2D eigenvalue weighted by molar-refractivity contribution is -0.137. The lowest BCUT2D eigenvalue weighted by Crippen LogP contribution is -2.52. The van der Waals surface area contributed by atoms with E-state index < -0.39 is 43.9 Å². The third-order valence-electron chi connectivity index (χ3n) is 10.1. The van der Waals surface area contributed by atoms with Crippen LogP contribution in [0.2, 0.25) is 18.1 Å². The molecule has 1 spiro atoms. The second-order valence-corrected chi connectivity index (χ2v) is 19.6. The summed E-state index contributed by atoms with van der Waals surface area (Å²) in [5.74, 6) is -0.310. The maximum absolute atomic E-state index is 13.4. The van der Waals surface area contributed by atoms with Gasteiger partial charge >= 0.3 is 6.18 Å². The maximum atomic E-state index is 13.4. The fourth-order valence-corrected chi connectivity index (χ4v) is 8.26. The molecule has 9 heteroatoms. The number of alkyl halides is 3. The fraction of sp³-hybridized carbons (Fsp3) is 0.719. The highest BCUT2D eigenvalue weighted by Crippen LogP contribution is 2.59. The summed E-state index contributed by atoms with van der Waals surface area (Å²) in [6.45, 7) is 18.6. The summed E-state index contributed by atoms with van der Waals surface area (Å²) in [4.78, 5) is 5.25. The van der Waals surface area contributed by atoms with Crippen molar-refractivity contribution in [3.63, 3.8) is 0 Å². The summed E-state index contributed by atoms with van der Waals surface area (Å²) < 4.78 is 60.3. The van der Waals surface area contributed by atoms with E-state index in [1.807, 2.05) is 0 Å². The van der Waals surface area contributed by atoms with E-state index in [1.165, 1.54) is 12.1 Å². The quantitative estimate of drug-likeness (QED) is 0.364. The molecule has 3 heterocycles. The standard InChI is InChI=1S/C32H46F3NO4Si/c1-19(37)27-25-26(24-22(36-27)17-30(5,6)18-23(24)40-41(7,8)29(2,3)4)31(13-15-38-16-14-31)39-28(25)20-9-11-21(12-10-20)32(33,34)35/h9-12,19,23,25,27-28,37H,13-18H2,1-8H3. The summed E-state index contributed by atoms with van der Waals surface area (Å²) in [5.41, 5.74) is 2.55. The third kappa shape index (κ3) is 5.62. The van der Waals surface area contributed by atoms with E-state index in [0.29, 0.717) is 31.6 Å². The maximum Gasteiger partial charge on any atom is 0.416 e. The fourth-order valence-electron chi connectivity index (χ4n) is 6.99. The van der Waals surface area contributed by atoms with Crippen LogP contribution in [0.1, 0.15) is 84.5 Å². The molecule has 2 saturated heterocycles. The van der Waals surface area contributed by atoms with E-state index >= 15 is 0 Å². The number of aliphatic imine (C=N–C) groups is 1. The van der Waals surface area contributed by atoms with Crippen LogP contribution in [0.15, 0.2) is 40.4 Å². The zero-order valence-electron chi connectivity index (χ0n) is 25.7. The Hall–Kier alpha value is -1.52. The molecule has 1 aliphatic carbocycles. The van der Waals surface area contributed by atoms with Gasteiger partial charge in [-0.2, -0.15) is 13.2 Å². The molecule has 5 atom stereocenters. The minimum Gasteiger partial charge on any atom is -0.410 e. The van der Waals surface area contributed by atoms with Gasteiger partial charge in [-0.3, -0.25) is 4.99 Å². The van der Waals surface area contributed by atoms with Crippen LogP contribution in [0.4, 0.5) is 13.2 Å². The molecule has 1 saturated carbocycles. The van der Waals surface area contributed by atoms with E-state index in [1.54, 1.807) is 6.92 Å². The number of aliphatic hydroxyl groups is 1. The molecular formula is C32H46F3NO4Si. The van der Waals surface area contributed by atoms with Crippen molar-refractivity contribution in [2.24, 2.45) is 16.3 Å². The molecular weight excluding hydrogens is 547 g/mol. The predicted molar refractivity (Wildman–Crippen MR) is 157 cm³/mol. The zero-order valence-corrected chi connectivity index (χ0v) is 26.7. The number of nitrogens with zero attached hydrogens (tertiary/aromatic N) is 1. The molecule has 0 bridgehead atoms. The van der Waals surface area contributed by atoms with Gasteiger partial charge in [0, 0.05) is 43.3 Å². The molecule has 3 aliphatic heterocycles. The van der Waals surface area contributed by atoms with Crippen molar-refractivity contribution in [2.45, 2.75) is 121 Å². The van der Waals surface area contributed by atoms with Crippen LogP contribution in [0, 0.1) is 11.3 Å². The molecule has 0 aromatic heterocycles. The average molecular weight is 594 g/mol. The summed E-state index contributed by atoms with van der Waals surface area (Å²) in [6.07, 6.45) is -2.96. The highest BCUT2D eigenvalue weighted by atomic mass is 28.4. The van der Waals surface area contributed by atoms with Crippen LogP contribution < -0.4 is 0 Å². The molecule has 0 radical (unpaired) electrons. The lowest BCUT2D eigenvalue weighted by Gasteiger charge is -2.49. The first kappa shape index (κ1) is 30.9. The van der Waals surface area contributed by atoms with Gasteiger partial charge < -0.3 is 19.0 Å². The topological polar surface area (TPSA) is 60.3 Å². The molecule has 5 unspecified atom stereocenters. The molecule has 1 aromatic carbocycles. The summed E-state index contributed by atoms with van der Waals surface area (Å²) in [6, 6.07) is 4.84. The van der Waals surface area contributed by atoms with E-state index in [0.717, 1.165) is 41.8 Å². The number of hydrogen-bond acceptors (Lipinski definition) is 5. The minimum absolute atomic E-state index is 0.0125. The van der Waals surface area contributed by atoms with Gasteiger partial charge in [0.05, 0.1) is 35.5 Å². The Balaban J connectivity index is 1.70. The Kier molecular flexibility index (Phi) is 7.76. The van der Waals surface area contributed by atoms with Gasteiger partial charge in [-0.1, -0.05) is 46.8 Å². The van der Waals surface area contributed by atoms with Gasteiger partial charge in [0.15, 0.2) is 8.32 Å². The molecule has 5 nitrogen and oxygen atoms in total. The number of benzene rings is 1. The van der Waals surface area contributed by atoms with Gasteiger partial charge in [-0.25, -0.2) is 0 Å². The first-order valence-electron chi connectivity index (χ1n) is 15.0. The number of ether oxygens (including phenoxy) is 2. The number of halogens is 3. The van der Waals surface area contributed by atoms with Gasteiger partial charge in [-0.05, 0) is 66.6 Å². The lowest BCUT2D eigenvalue weighted by atomic mass is 9.64. The van der Waals surface area contributed by atoms with Crippen molar-refractivity contribution in [1.29, 1.82) is 0 Å². The Morgan fingerprint density at radius 2 is 1.68 bits per heavy atom. The van der Waals surface area contributed by atoms with Crippen molar-refractivity contribution in [2.75, 3.05) is 13.2 Å². The minimum atomic E-state index is -4.42. The van der Waals surface area contributed by atoms with Gasteiger partial charge in [0.25, 0.3) is 0 Å². The Labute approximate surface area is 243 Å². The van der Waals surface area contributed by atoms with Crippen LogP contribution in [0.3, 0.4) is 0 Å². The van der Waals surface area contributed by atoms with Crippen LogP contribution in [-0.2, 0) is 20.1 Å². The van der Waals surface area contributed by atoms with E-state index in [-0.39, 0.29) is 22.5 Å². The molecule has 1 N–H and O–H groups in total. The van der Waals surface area contributed by atoms with Crippen molar-refractivity contribution in [3.8, 4) is 0 Å². The number of hydrogen-bond donors (Lipinski definition) is 1. The second kappa shape index (κ2) is 10.3. The molecule has 0 amide bonds. The normalized spacial score (nSPS) is 30.6. The highest BCUT2D eigenvalue weighted by molar-refractivity contribution is 6.74. The summed E-state index contributed by atoms with van der Waals surface area (Å²) in [7, 11) is -2.19. The monoisotopic (exact) mass is 593 g/mol. The average Bonchev–Trinajstić information content (AvgIpc) is 3.15. The van der Waals surface area contributed by atoms with Crippen molar-refractivity contribution >= 4 is 14.0 Å². The van der Waals surface area contributed by atoms with E-state index in [2.05, 4.69) is 47.7 Å². The van der Waals surface area contributed by atoms with Crippen molar-refractivity contribution < 1.29 is 32.2 Å². The van der Waals surface area contributed by atoms with Crippen LogP contribution >= 0.6 is 0 Å². The molecule has 3 fully saturated rings. The predicted octanol–water partition coefficient (Wildman–Crippen LogP) is 7.65. The molecule has 5 rings (SSSR count). The highest BCUT2D eigenvalue weighted by Gasteiger charge is 2.60. The third-order valence-corrected chi connectivity index (χ3v) is 14.6. The van der Waals surface area contributed by atoms with Crippen LogP contribution in [0.5, 0.6) is 0 Å². The van der Waals surface area contributed by atoms with E-state index in [4.69, 9.17) is 18.9 Å². The van der Waals surface area contributed by atoms with Crippen LogP contribution in [0.25, 0.3) is 0 Å².